The Bertz CT molecular complexity index is 1200. The Morgan fingerprint density at radius 1 is 1.25 bits per heavy atom. The molecule has 1 amide bonds. The van der Waals surface area contributed by atoms with E-state index in [9.17, 15) is 24.5 Å². The zero-order chi connectivity index (χ0) is 23.4. The second-order valence-corrected chi connectivity index (χ2v) is 7.55. The summed E-state index contributed by atoms with van der Waals surface area (Å²) in [4.78, 5) is 48.3. The Hall–Kier alpha value is -4.00. The fraction of sp³-hybridized carbons (Fsp3) is 0.263. The number of nitrogens with zero attached hydrogens (tertiary/aromatic N) is 5. The molecule has 0 radical (unpaired) electrons. The highest BCUT2D eigenvalue weighted by Gasteiger charge is 2.25. The van der Waals surface area contributed by atoms with Crippen LogP contribution in [0.25, 0.3) is 11.4 Å². The number of hydrogen-bond donors (Lipinski definition) is 1. The highest BCUT2D eigenvalue weighted by atomic mass is 32.1. The number of carbonyl (C=O) groups is 3. The lowest BCUT2D eigenvalue weighted by molar-refractivity contribution is -0.384. The van der Waals surface area contributed by atoms with Crippen molar-refractivity contribution in [2.75, 3.05) is 11.9 Å². The monoisotopic (exact) mass is 458 g/mol. The highest BCUT2D eigenvalue weighted by molar-refractivity contribution is 7.18. The molecule has 3 rings (SSSR count). The van der Waals surface area contributed by atoms with E-state index in [-0.39, 0.29) is 41.0 Å². The first kappa shape index (κ1) is 22.7. The van der Waals surface area contributed by atoms with Crippen molar-refractivity contribution in [1.82, 2.24) is 20.2 Å². The number of nitro benzene ring substituents is 1. The number of benzene rings is 1. The summed E-state index contributed by atoms with van der Waals surface area (Å²) in [6.45, 7) is 4.48. The zero-order valence-corrected chi connectivity index (χ0v) is 18.1. The van der Waals surface area contributed by atoms with Crippen LogP contribution in [0.2, 0.25) is 0 Å². The number of nitrogens with one attached hydrogen (secondary N) is 1. The lowest BCUT2D eigenvalue weighted by Crippen LogP contribution is -2.21. The van der Waals surface area contributed by atoms with Crippen LogP contribution in [0.5, 0.6) is 0 Å². The van der Waals surface area contributed by atoms with Crippen molar-refractivity contribution in [3.05, 3.63) is 50.4 Å². The van der Waals surface area contributed by atoms with Crippen molar-refractivity contribution in [1.29, 1.82) is 0 Å². The summed E-state index contributed by atoms with van der Waals surface area (Å²) in [6.07, 6.45) is 0. The predicted octanol–water partition coefficient (Wildman–Crippen LogP) is 2.64. The van der Waals surface area contributed by atoms with Gasteiger partial charge in [0.25, 0.3) is 5.69 Å². The second kappa shape index (κ2) is 9.43. The average molecular weight is 458 g/mol. The number of Topliss-reactive ketones (excluding diaryl/α,β-unsaturated/α-hetero) is 1. The zero-order valence-electron chi connectivity index (χ0n) is 17.3. The third kappa shape index (κ3) is 4.83. The minimum atomic E-state index is -0.636. The van der Waals surface area contributed by atoms with Gasteiger partial charge in [0.1, 0.15) is 11.5 Å². The second-order valence-electron chi connectivity index (χ2n) is 6.53. The van der Waals surface area contributed by atoms with E-state index < -0.39 is 16.8 Å². The van der Waals surface area contributed by atoms with Gasteiger partial charge in [-0.3, -0.25) is 19.7 Å². The Balaban J connectivity index is 1.76. The van der Waals surface area contributed by atoms with Gasteiger partial charge in [0.05, 0.1) is 22.0 Å². The number of aromatic nitrogens is 4. The van der Waals surface area contributed by atoms with Crippen molar-refractivity contribution in [3.63, 3.8) is 0 Å². The van der Waals surface area contributed by atoms with Crippen LogP contribution in [0.15, 0.2) is 24.3 Å². The number of esters is 1. The fourth-order valence-corrected chi connectivity index (χ4v) is 3.95. The van der Waals surface area contributed by atoms with Crippen molar-refractivity contribution in [3.8, 4) is 11.4 Å². The maximum absolute atomic E-state index is 12.5. The van der Waals surface area contributed by atoms with E-state index in [1.165, 1.54) is 31.2 Å². The molecule has 0 aliphatic rings. The number of amides is 1. The van der Waals surface area contributed by atoms with Crippen LogP contribution in [0.4, 0.5) is 10.7 Å². The lowest BCUT2D eigenvalue weighted by Gasteiger charge is -2.06. The van der Waals surface area contributed by atoms with Crippen LogP contribution in [0.1, 0.15) is 39.4 Å². The first-order valence-electron chi connectivity index (χ1n) is 9.35. The Labute approximate surface area is 185 Å². The molecule has 0 spiro atoms. The number of ketones is 1. The van der Waals surface area contributed by atoms with Gasteiger partial charge in [-0.05, 0) is 43.7 Å². The van der Waals surface area contributed by atoms with E-state index in [1.54, 1.807) is 13.8 Å². The van der Waals surface area contributed by atoms with Crippen LogP contribution in [-0.2, 0) is 16.1 Å². The summed E-state index contributed by atoms with van der Waals surface area (Å²) < 4.78 is 5.04. The number of nitro groups is 1. The number of rotatable bonds is 8. The number of tetrazole rings is 1. The quantitative estimate of drug-likeness (QED) is 0.232. The van der Waals surface area contributed by atoms with Gasteiger partial charge in [0.2, 0.25) is 11.7 Å². The Morgan fingerprint density at radius 3 is 2.53 bits per heavy atom. The van der Waals surface area contributed by atoms with E-state index in [0.717, 1.165) is 16.1 Å². The van der Waals surface area contributed by atoms with E-state index in [1.807, 2.05) is 0 Å². The maximum Gasteiger partial charge on any atom is 0.341 e. The van der Waals surface area contributed by atoms with E-state index >= 15 is 0 Å². The number of carbonyl (C=O) groups excluding carboxylic acids is 3. The molecule has 3 aromatic rings. The fourth-order valence-electron chi connectivity index (χ4n) is 2.84. The molecule has 13 heteroatoms. The SMILES string of the molecule is CCOC(=O)c1c(NC(=O)Cn2nnc(-c3ccc([N+](=O)[O-])cc3)n2)sc(C(C)=O)c1C. The first-order valence-corrected chi connectivity index (χ1v) is 10.2. The normalized spacial score (nSPS) is 10.6. The largest absolute Gasteiger partial charge is 0.462 e. The molecule has 0 saturated heterocycles. The highest BCUT2D eigenvalue weighted by Crippen LogP contribution is 2.34. The predicted molar refractivity (Wildman–Crippen MR) is 114 cm³/mol. The van der Waals surface area contributed by atoms with Crippen molar-refractivity contribution >= 4 is 39.7 Å². The average Bonchev–Trinajstić information content (AvgIpc) is 3.32. The smallest absolute Gasteiger partial charge is 0.341 e. The summed E-state index contributed by atoms with van der Waals surface area (Å²) in [7, 11) is 0. The van der Waals surface area contributed by atoms with Crippen LogP contribution < -0.4 is 5.32 Å². The number of non-ortho nitro benzene ring substituents is 1. The van der Waals surface area contributed by atoms with E-state index in [2.05, 4.69) is 20.7 Å². The molecule has 0 unspecified atom stereocenters. The van der Waals surface area contributed by atoms with Crippen LogP contribution >= 0.6 is 11.3 Å². The van der Waals surface area contributed by atoms with Crippen LogP contribution in [0.3, 0.4) is 0 Å². The van der Waals surface area contributed by atoms with Gasteiger partial charge < -0.3 is 10.1 Å². The molecule has 12 nitrogen and oxygen atoms in total. The van der Waals surface area contributed by atoms with Gasteiger partial charge >= 0.3 is 5.97 Å². The number of hydrogen-bond acceptors (Lipinski definition) is 10. The molecular weight excluding hydrogens is 440 g/mol. The summed E-state index contributed by atoms with van der Waals surface area (Å²) >= 11 is 0.990. The van der Waals surface area contributed by atoms with Crippen LogP contribution in [0, 0.1) is 17.0 Å². The molecule has 1 aromatic carbocycles. The third-order valence-electron chi connectivity index (χ3n) is 4.27. The van der Waals surface area contributed by atoms with Crippen molar-refractivity contribution < 1.29 is 24.0 Å². The third-order valence-corrected chi connectivity index (χ3v) is 5.58. The van der Waals surface area contributed by atoms with Crippen LogP contribution in [-0.4, -0.2) is 49.4 Å². The molecule has 32 heavy (non-hydrogen) atoms. The van der Waals surface area contributed by atoms with Gasteiger partial charge in [0.15, 0.2) is 5.78 Å². The summed E-state index contributed by atoms with van der Waals surface area (Å²) in [5.41, 5.74) is 0.991. The lowest BCUT2D eigenvalue weighted by atomic mass is 10.1. The molecule has 0 fully saturated rings. The molecule has 2 aromatic heterocycles. The van der Waals surface area contributed by atoms with Gasteiger partial charge in [-0.25, -0.2) is 4.79 Å². The Kier molecular flexibility index (Phi) is 6.68. The molecule has 0 saturated carbocycles. The first-order chi connectivity index (χ1) is 15.2. The van der Waals surface area contributed by atoms with Gasteiger partial charge in [0, 0.05) is 17.7 Å². The van der Waals surface area contributed by atoms with Crippen molar-refractivity contribution in [2.24, 2.45) is 0 Å². The van der Waals surface area contributed by atoms with Gasteiger partial charge in [-0.2, -0.15) is 4.80 Å². The number of ether oxygens (including phenoxy) is 1. The number of anilines is 1. The van der Waals surface area contributed by atoms with Crippen molar-refractivity contribution in [2.45, 2.75) is 27.3 Å². The van der Waals surface area contributed by atoms with Gasteiger partial charge in [-0.15, -0.1) is 21.5 Å². The molecular formula is C19H18N6O6S. The van der Waals surface area contributed by atoms with Gasteiger partial charge in [-0.1, -0.05) is 0 Å². The minimum absolute atomic E-state index is 0.0749. The molecule has 2 heterocycles. The summed E-state index contributed by atoms with van der Waals surface area (Å²) in [6, 6.07) is 5.57. The summed E-state index contributed by atoms with van der Waals surface area (Å²) in [5.74, 6) is -1.22. The molecule has 0 bridgehead atoms. The minimum Gasteiger partial charge on any atom is -0.462 e. The maximum atomic E-state index is 12.5. The Morgan fingerprint density at radius 2 is 1.94 bits per heavy atom. The molecule has 0 aliphatic heterocycles. The van der Waals surface area contributed by atoms with E-state index in [0.29, 0.717) is 16.0 Å². The van der Waals surface area contributed by atoms with E-state index in [4.69, 9.17) is 4.74 Å². The topological polar surface area (TPSA) is 159 Å². The molecule has 166 valence electrons. The molecule has 1 N–H and O–H groups in total. The standard InChI is InChI=1S/C19H18N6O6S/c1-4-31-19(28)15-10(2)16(11(3)26)32-18(15)20-14(27)9-24-22-17(21-23-24)12-5-7-13(8-6-12)25(29)30/h5-8H,4,9H2,1-3H3,(H,20,27). The summed E-state index contributed by atoms with van der Waals surface area (Å²) in [5, 5.41) is 25.3. The molecule has 0 aliphatic carbocycles. The number of thiophene rings is 1. The molecule has 0 atom stereocenters.